The Morgan fingerprint density at radius 2 is 2.24 bits per heavy atom. The summed E-state index contributed by atoms with van der Waals surface area (Å²) in [4.78, 5) is 7.03. The van der Waals surface area contributed by atoms with Crippen molar-refractivity contribution in [3.63, 3.8) is 0 Å². The number of nitrogens with two attached hydrogens (primary N) is 1. The average molecular weight is 310 g/mol. The fraction of sp³-hybridized carbons (Fsp3) is 0.308. The first kappa shape index (κ1) is 15.5. The quantitative estimate of drug-likeness (QED) is 0.685. The van der Waals surface area contributed by atoms with E-state index in [1.165, 1.54) is 13.2 Å². The van der Waals surface area contributed by atoms with Crippen LogP contribution >= 0.6 is 0 Å². The summed E-state index contributed by atoms with van der Waals surface area (Å²) in [5.41, 5.74) is 6.17. The van der Waals surface area contributed by atoms with Crippen LogP contribution < -0.4 is 15.2 Å². The van der Waals surface area contributed by atoms with E-state index in [2.05, 4.69) is 14.7 Å². The molecule has 0 aliphatic rings. The molecule has 21 heavy (non-hydrogen) atoms. The number of benzene rings is 1. The van der Waals surface area contributed by atoms with E-state index < -0.39 is 10.0 Å². The number of nitrogens with one attached hydrogen (secondary N) is 2. The highest BCUT2D eigenvalue weighted by atomic mass is 32.2. The molecule has 2 rings (SSSR count). The molecule has 1 aromatic carbocycles. The number of H-pyrrole nitrogens is 1. The molecule has 1 aromatic heterocycles. The lowest BCUT2D eigenvalue weighted by atomic mass is 10.1. The van der Waals surface area contributed by atoms with E-state index in [1.807, 2.05) is 0 Å². The fourth-order valence-corrected chi connectivity index (χ4v) is 3.17. The second-order valence-electron chi connectivity index (χ2n) is 4.37. The van der Waals surface area contributed by atoms with Gasteiger partial charge in [-0.2, -0.15) is 0 Å². The van der Waals surface area contributed by atoms with Gasteiger partial charge in [-0.3, -0.25) is 0 Å². The summed E-state index contributed by atoms with van der Waals surface area (Å²) in [6.07, 6.45) is 3.65. The van der Waals surface area contributed by atoms with Gasteiger partial charge in [-0.05, 0) is 36.7 Å². The number of hydrogen-bond donors (Lipinski definition) is 3. The maximum absolute atomic E-state index is 12.4. The highest BCUT2D eigenvalue weighted by Gasteiger charge is 2.19. The number of rotatable bonds is 7. The first-order chi connectivity index (χ1) is 10.1. The molecular weight excluding hydrogens is 292 g/mol. The molecule has 0 amide bonds. The molecule has 0 atom stereocenters. The van der Waals surface area contributed by atoms with Crippen molar-refractivity contribution in [2.75, 3.05) is 13.7 Å². The molecule has 0 aliphatic heterocycles. The van der Waals surface area contributed by atoms with Crippen molar-refractivity contribution in [2.24, 2.45) is 5.73 Å². The lowest BCUT2D eigenvalue weighted by molar-refractivity contribution is 0.413. The molecule has 0 unspecified atom stereocenters. The Labute approximate surface area is 123 Å². The normalized spacial score (nSPS) is 11.5. The largest absolute Gasteiger partial charge is 0.497 e. The smallest absolute Gasteiger partial charge is 0.241 e. The Bertz CT molecular complexity index is 683. The van der Waals surface area contributed by atoms with E-state index >= 15 is 0 Å². The van der Waals surface area contributed by atoms with Crippen LogP contribution in [-0.2, 0) is 23.0 Å². The third-order valence-electron chi connectivity index (χ3n) is 2.96. The summed E-state index contributed by atoms with van der Waals surface area (Å²) in [5.74, 6) is 1.15. The van der Waals surface area contributed by atoms with E-state index in [9.17, 15) is 8.42 Å². The van der Waals surface area contributed by atoms with Crippen molar-refractivity contribution in [1.82, 2.24) is 14.7 Å². The summed E-state index contributed by atoms with van der Waals surface area (Å²) in [6, 6.07) is 4.82. The van der Waals surface area contributed by atoms with Crippen LogP contribution in [0.4, 0.5) is 0 Å². The lowest BCUT2D eigenvalue weighted by Gasteiger charge is -2.12. The molecule has 7 nitrogen and oxygen atoms in total. The van der Waals surface area contributed by atoms with Crippen molar-refractivity contribution in [3.8, 4) is 5.75 Å². The molecule has 114 valence electrons. The van der Waals surface area contributed by atoms with Crippen LogP contribution in [0.15, 0.2) is 35.5 Å². The summed E-state index contributed by atoms with van der Waals surface area (Å²) in [7, 11) is -2.10. The average Bonchev–Trinajstić information content (AvgIpc) is 2.99. The molecule has 0 radical (unpaired) electrons. The van der Waals surface area contributed by atoms with Crippen LogP contribution in [-0.4, -0.2) is 32.0 Å². The van der Waals surface area contributed by atoms with Gasteiger partial charge in [0.25, 0.3) is 0 Å². The predicted octanol–water partition coefficient (Wildman–Crippen LogP) is 0.398. The topological polar surface area (TPSA) is 110 Å². The Hall–Kier alpha value is -1.90. The first-order valence-electron chi connectivity index (χ1n) is 6.41. The van der Waals surface area contributed by atoms with Gasteiger partial charge in [-0.15, -0.1) is 0 Å². The van der Waals surface area contributed by atoms with Gasteiger partial charge in [0.05, 0.1) is 18.6 Å². The number of aromatic amines is 1. The van der Waals surface area contributed by atoms with Crippen molar-refractivity contribution in [1.29, 1.82) is 0 Å². The maximum Gasteiger partial charge on any atom is 0.241 e. The van der Waals surface area contributed by atoms with E-state index in [0.29, 0.717) is 30.1 Å². The van der Waals surface area contributed by atoms with Gasteiger partial charge < -0.3 is 15.5 Å². The zero-order valence-corrected chi connectivity index (χ0v) is 12.5. The van der Waals surface area contributed by atoms with Crippen LogP contribution in [0.3, 0.4) is 0 Å². The second kappa shape index (κ2) is 6.70. The molecule has 0 saturated carbocycles. The van der Waals surface area contributed by atoms with Crippen LogP contribution in [0.2, 0.25) is 0 Å². The monoisotopic (exact) mass is 310 g/mol. The standard InChI is InChI=1S/C13H18N4O3S/c1-20-11-2-3-12(10(8-11)4-5-14)21(18,19)17-9-13-15-6-7-16-13/h2-3,6-8,17H,4-5,9,14H2,1H3,(H,15,16). The van der Waals surface area contributed by atoms with Gasteiger partial charge in [0.15, 0.2) is 0 Å². The van der Waals surface area contributed by atoms with E-state index in [4.69, 9.17) is 10.5 Å². The number of imidazole rings is 1. The van der Waals surface area contributed by atoms with Gasteiger partial charge >= 0.3 is 0 Å². The molecule has 8 heteroatoms. The zero-order valence-electron chi connectivity index (χ0n) is 11.7. The SMILES string of the molecule is COc1ccc(S(=O)(=O)NCc2ncc[nH]2)c(CCN)c1. The number of ether oxygens (including phenoxy) is 1. The highest BCUT2D eigenvalue weighted by molar-refractivity contribution is 7.89. The number of nitrogens with zero attached hydrogens (tertiary/aromatic N) is 1. The second-order valence-corrected chi connectivity index (χ2v) is 6.11. The van der Waals surface area contributed by atoms with Crippen LogP contribution in [0.1, 0.15) is 11.4 Å². The van der Waals surface area contributed by atoms with E-state index in [-0.39, 0.29) is 11.4 Å². The number of methoxy groups -OCH3 is 1. The van der Waals surface area contributed by atoms with Gasteiger partial charge in [-0.1, -0.05) is 0 Å². The summed E-state index contributed by atoms with van der Waals surface area (Å²) >= 11 is 0. The summed E-state index contributed by atoms with van der Waals surface area (Å²) in [5, 5.41) is 0. The van der Waals surface area contributed by atoms with Gasteiger partial charge in [0.2, 0.25) is 10.0 Å². The first-order valence-corrected chi connectivity index (χ1v) is 7.90. The van der Waals surface area contributed by atoms with Gasteiger partial charge in [-0.25, -0.2) is 18.1 Å². The van der Waals surface area contributed by atoms with Crippen molar-refractivity contribution in [3.05, 3.63) is 42.0 Å². The third-order valence-corrected chi connectivity index (χ3v) is 4.46. The molecule has 0 spiro atoms. The molecule has 2 aromatic rings. The minimum atomic E-state index is -3.64. The Balaban J connectivity index is 2.25. The number of sulfonamides is 1. The van der Waals surface area contributed by atoms with Gasteiger partial charge in [0.1, 0.15) is 11.6 Å². The van der Waals surface area contributed by atoms with Crippen molar-refractivity contribution in [2.45, 2.75) is 17.9 Å². The molecule has 0 aliphatic carbocycles. The summed E-state index contributed by atoms with van der Waals surface area (Å²) in [6.45, 7) is 0.456. The molecule has 1 heterocycles. The Morgan fingerprint density at radius 3 is 2.86 bits per heavy atom. The molecule has 0 bridgehead atoms. The summed E-state index contributed by atoms with van der Waals surface area (Å²) < 4.78 is 32.4. The number of hydrogen-bond acceptors (Lipinski definition) is 5. The fourth-order valence-electron chi connectivity index (χ4n) is 1.93. The molecule has 4 N–H and O–H groups in total. The number of aromatic nitrogens is 2. The van der Waals surface area contributed by atoms with Gasteiger partial charge in [0, 0.05) is 12.4 Å². The van der Waals surface area contributed by atoms with Crippen LogP contribution in [0.5, 0.6) is 5.75 Å². The predicted molar refractivity (Wildman–Crippen MR) is 78.4 cm³/mol. The van der Waals surface area contributed by atoms with E-state index in [1.54, 1.807) is 24.5 Å². The Kier molecular flexibility index (Phi) is 4.94. The van der Waals surface area contributed by atoms with Crippen molar-refractivity contribution < 1.29 is 13.2 Å². The molecule has 0 fully saturated rings. The molecule has 0 saturated heterocycles. The Morgan fingerprint density at radius 1 is 1.43 bits per heavy atom. The maximum atomic E-state index is 12.4. The van der Waals surface area contributed by atoms with Crippen molar-refractivity contribution >= 4 is 10.0 Å². The van der Waals surface area contributed by atoms with Crippen LogP contribution in [0.25, 0.3) is 0 Å². The zero-order chi connectivity index (χ0) is 15.3. The minimum absolute atomic E-state index is 0.101. The minimum Gasteiger partial charge on any atom is -0.497 e. The van der Waals surface area contributed by atoms with E-state index in [0.717, 1.165) is 0 Å². The van der Waals surface area contributed by atoms with Crippen LogP contribution in [0, 0.1) is 0 Å². The molecular formula is C13H18N4O3S. The highest BCUT2D eigenvalue weighted by Crippen LogP contribution is 2.22. The third kappa shape index (κ3) is 3.81. The lowest BCUT2D eigenvalue weighted by Crippen LogP contribution is -2.25.